The van der Waals surface area contributed by atoms with Crippen molar-refractivity contribution in [3.8, 4) is 5.75 Å². The summed E-state index contributed by atoms with van der Waals surface area (Å²) >= 11 is 0. The molecule has 2 aromatic rings. The minimum Gasteiger partial charge on any atom is -0.489 e. The number of piperidine rings is 1. The number of amides is 1. The Kier molecular flexibility index (Phi) is 6.47. The second-order valence-electron chi connectivity index (χ2n) is 6.64. The average Bonchev–Trinajstić information content (AvgIpc) is 2.73. The van der Waals surface area contributed by atoms with Gasteiger partial charge in [0.05, 0.1) is 12.5 Å². The van der Waals surface area contributed by atoms with E-state index in [0.29, 0.717) is 31.9 Å². The average molecular weight is 367 g/mol. The molecule has 0 bridgehead atoms. The van der Waals surface area contributed by atoms with Crippen molar-refractivity contribution in [2.24, 2.45) is 5.92 Å². The molecule has 5 heteroatoms. The molecule has 0 N–H and O–H groups in total. The number of benzene rings is 2. The fourth-order valence-electron chi connectivity index (χ4n) is 3.22. The normalized spacial score (nSPS) is 16.6. The molecule has 0 radical (unpaired) electrons. The molecule has 0 aromatic heterocycles. The van der Waals surface area contributed by atoms with Crippen LogP contribution in [0.15, 0.2) is 54.6 Å². The van der Waals surface area contributed by atoms with Crippen LogP contribution in [0.5, 0.6) is 5.75 Å². The number of rotatable bonds is 6. The van der Waals surface area contributed by atoms with Crippen LogP contribution in [0, 0.1) is 5.92 Å². The first kappa shape index (κ1) is 19.0. The molecule has 27 heavy (non-hydrogen) atoms. The Labute approximate surface area is 159 Å². The molecule has 0 unspecified atom stereocenters. The van der Waals surface area contributed by atoms with E-state index in [2.05, 4.69) is 0 Å². The quantitative estimate of drug-likeness (QED) is 0.731. The van der Waals surface area contributed by atoms with Crippen molar-refractivity contribution in [2.75, 3.05) is 19.7 Å². The molecule has 3 rings (SSSR count). The standard InChI is InChI=1S/C22H25NO4/c1-2-26-22(25)19-7-6-14-23(15-19)21(24)18-12-10-17(11-13-18)16-27-20-8-4-3-5-9-20/h3-5,8-13,19H,2,6-7,14-16H2,1H3/t19-/m0/s1. The summed E-state index contributed by atoms with van der Waals surface area (Å²) in [5, 5.41) is 0. The molecule has 0 saturated carbocycles. The summed E-state index contributed by atoms with van der Waals surface area (Å²) in [6.07, 6.45) is 1.59. The van der Waals surface area contributed by atoms with E-state index in [-0.39, 0.29) is 17.8 Å². The molecule has 1 heterocycles. The molecule has 1 aliphatic heterocycles. The predicted molar refractivity (Wildman–Crippen MR) is 102 cm³/mol. The maximum Gasteiger partial charge on any atom is 0.310 e. The van der Waals surface area contributed by atoms with Crippen molar-refractivity contribution in [3.63, 3.8) is 0 Å². The lowest BCUT2D eigenvalue weighted by atomic mass is 9.97. The molecule has 142 valence electrons. The third-order valence-electron chi connectivity index (χ3n) is 4.68. The van der Waals surface area contributed by atoms with E-state index in [0.717, 1.165) is 24.2 Å². The lowest BCUT2D eigenvalue weighted by molar-refractivity contribution is -0.149. The molecule has 2 aromatic carbocycles. The van der Waals surface area contributed by atoms with E-state index < -0.39 is 0 Å². The number of carbonyl (C=O) groups excluding carboxylic acids is 2. The highest BCUT2D eigenvalue weighted by molar-refractivity contribution is 5.94. The van der Waals surface area contributed by atoms with Gasteiger partial charge in [-0.2, -0.15) is 0 Å². The molecule has 1 atom stereocenters. The Balaban J connectivity index is 1.57. The zero-order valence-electron chi connectivity index (χ0n) is 15.6. The number of para-hydroxylation sites is 1. The summed E-state index contributed by atoms with van der Waals surface area (Å²) in [7, 11) is 0. The van der Waals surface area contributed by atoms with Gasteiger partial charge in [0.2, 0.25) is 0 Å². The maximum absolute atomic E-state index is 12.8. The third-order valence-corrected chi connectivity index (χ3v) is 4.68. The second kappa shape index (κ2) is 9.21. The Morgan fingerprint density at radius 1 is 1.07 bits per heavy atom. The molecule has 5 nitrogen and oxygen atoms in total. The van der Waals surface area contributed by atoms with Crippen LogP contribution in [0.1, 0.15) is 35.7 Å². The molecule has 1 fully saturated rings. The van der Waals surface area contributed by atoms with E-state index >= 15 is 0 Å². The molecule has 0 spiro atoms. The maximum atomic E-state index is 12.8. The topological polar surface area (TPSA) is 55.8 Å². The second-order valence-corrected chi connectivity index (χ2v) is 6.64. The van der Waals surface area contributed by atoms with Crippen molar-refractivity contribution in [2.45, 2.75) is 26.4 Å². The van der Waals surface area contributed by atoms with E-state index in [1.807, 2.05) is 54.6 Å². The van der Waals surface area contributed by atoms with Gasteiger partial charge in [-0.25, -0.2) is 0 Å². The van der Waals surface area contributed by atoms with Crippen LogP contribution in [0.2, 0.25) is 0 Å². The van der Waals surface area contributed by atoms with Gasteiger partial charge >= 0.3 is 5.97 Å². The molecular weight excluding hydrogens is 342 g/mol. The van der Waals surface area contributed by atoms with Gasteiger partial charge in [0.15, 0.2) is 0 Å². The van der Waals surface area contributed by atoms with E-state index in [9.17, 15) is 9.59 Å². The molecule has 1 amide bonds. The monoisotopic (exact) mass is 367 g/mol. The number of carbonyl (C=O) groups is 2. The van der Waals surface area contributed by atoms with Crippen LogP contribution in [0.25, 0.3) is 0 Å². The number of likely N-dealkylation sites (tertiary alicyclic amines) is 1. The minimum atomic E-state index is -0.221. The van der Waals surface area contributed by atoms with Crippen LogP contribution in [-0.2, 0) is 16.1 Å². The van der Waals surface area contributed by atoms with Crippen molar-refractivity contribution >= 4 is 11.9 Å². The number of hydrogen-bond donors (Lipinski definition) is 0. The molecule has 1 aliphatic rings. The first-order chi connectivity index (χ1) is 13.2. The minimum absolute atomic E-state index is 0.0421. The van der Waals surface area contributed by atoms with Crippen LogP contribution < -0.4 is 4.74 Å². The third kappa shape index (κ3) is 5.09. The van der Waals surface area contributed by atoms with Crippen LogP contribution in [0.3, 0.4) is 0 Å². The molecular formula is C22H25NO4. The highest BCUT2D eigenvalue weighted by Gasteiger charge is 2.29. The van der Waals surface area contributed by atoms with Gasteiger partial charge in [-0.05, 0) is 49.6 Å². The van der Waals surface area contributed by atoms with Crippen LogP contribution >= 0.6 is 0 Å². The Morgan fingerprint density at radius 3 is 2.52 bits per heavy atom. The summed E-state index contributed by atoms with van der Waals surface area (Å²) < 4.78 is 10.8. The Hall–Kier alpha value is -2.82. The highest BCUT2D eigenvalue weighted by Crippen LogP contribution is 2.20. The highest BCUT2D eigenvalue weighted by atomic mass is 16.5. The van der Waals surface area contributed by atoms with E-state index in [1.54, 1.807) is 11.8 Å². The summed E-state index contributed by atoms with van der Waals surface area (Å²) in [6.45, 7) is 3.72. The summed E-state index contributed by atoms with van der Waals surface area (Å²) in [5.74, 6) is 0.347. The van der Waals surface area contributed by atoms with Gasteiger partial charge in [0.1, 0.15) is 12.4 Å². The Morgan fingerprint density at radius 2 is 1.81 bits per heavy atom. The fraction of sp³-hybridized carbons (Fsp3) is 0.364. The van der Waals surface area contributed by atoms with Gasteiger partial charge in [-0.3, -0.25) is 9.59 Å². The zero-order chi connectivity index (χ0) is 19.1. The van der Waals surface area contributed by atoms with Crippen molar-refractivity contribution in [1.29, 1.82) is 0 Å². The Bertz CT molecular complexity index is 758. The molecule has 1 saturated heterocycles. The fourth-order valence-corrected chi connectivity index (χ4v) is 3.22. The van der Waals surface area contributed by atoms with Gasteiger partial charge in [-0.15, -0.1) is 0 Å². The van der Waals surface area contributed by atoms with Crippen LogP contribution in [0.4, 0.5) is 0 Å². The zero-order valence-corrected chi connectivity index (χ0v) is 15.6. The molecule has 0 aliphatic carbocycles. The smallest absolute Gasteiger partial charge is 0.310 e. The summed E-state index contributed by atoms with van der Waals surface area (Å²) in [5.41, 5.74) is 1.63. The first-order valence-electron chi connectivity index (χ1n) is 9.40. The van der Waals surface area contributed by atoms with Crippen molar-refractivity contribution in [1.82, 2.24) is 4.90 Å². The van der Waals surface area contributed by atoms with Crippen molar-refractivity contribution in [3.05, 3.63) is 65.7 Å². The van der Waals surface area contributed by atoms with Crippen molar-refractivity contribution < 1.29 is 19.1 Å². The van der Waals surface area contributed by atoms with Gasteiger partial charge in [0.25, 0.3) is 5.91 Å². The van der Waals surface area contributed by atoms with Gasteiger partial charge in [-0.1, -0.05) is 30.3 Å². The van der Waals surface area contributed by atoms with Crippen LogP contribution in [-0.4, -0.2) is 36.5 Å². The number of esters is 1. The van der Waals surface area contributed by atoms with E-state index in [1.165, 1.54) is 0 Å². The summed E-state index contributed by atoms with van der Waals surface area (Å²) in [6, 6.07) is 17.1. The number of hydrogen-bond acceptors (Lipinski definition) is 4. The van der Waals surface area contributed by atoms with E-state index in [4.69, 9.17) is 9.47 Å². The lowest BCUT2D eigenvalue weighted by Gasteiger charge is -2.31. The SMILES string of the molecule is CCOC(=O)[C@H]1CCCN(C(=O)c2ccc(COc3ccccc3)cc2)C1. The first-order valence-corrected chi connectivity index (χ1v) is 9.40. The lowest BCUT2D eigenvalue weighted by Crippen LogP contribution is -2.42. The number of ether oxygens (including phenoxy) is 2. The van der Waals surface area contributed by atoms with Gasteiger partial charge in [0, 0.05) is 18.7 Å². The predicted octanol–water partition coefficient (Wildman–Crippen LogP) is 3.68. The summed E-state index contributed by atoms with van der Waals surface area (Å²) in [4.78, 5) is 26.5. The van der Waals surface area contributed by atoms with Gasteiger partial charge < -0.3 is 14.4 Å². The number of nitrogens with zero attached hydrogens (tertiary/aromatic N) is 1. The largest absolute Gasteiger partial charge is 0.489 e.